The molecule has 1 aliphatic heterocycles. The SMILES string of the molecule is COc1cc(C(=O)N2CC[NH+](Cc3cccc(Cl)c3)CC2)ccc1OCC(N)=O. The summed E-state index contributed by atoms with van der Waals surface area (Å²) in [7, 11) is 1.48. The van der Waals surface area contributed by atoms with E-state index >= 15 is 0 Å². The molecule has 2 aromatic rings. The lowest BCUT2D eigenvalue weighted by atomic mass is 10.1. The molecule has 0 aliphatic carbocycles. The van der Waals surface area contributed by atoms with E-state index in [9.17, 15) is 9.59 Å². The molecule has 0 atom stereocenters. The largest absolute Gasteiger partial charge is 0.493 e. The normalized spacial score (nSPS) is 14.5. The lowest BCUT2D eigenvalue weighted by Gasteiger charge is -2.32. The number of quaternary nitrogens is 1. The highest BCUT2D eigenvalue weighted by molar-refractivity contribution is 6.30. The number of carbonyl (C=O) groups is 2. The first kappa shape index (κ1) is 21.0. The number of nitrogens with one attached hydrogen (secondary N) is 1. The Morgan fingerprint density at radius 3 is 2.55 bits per heavy atom. The molecule has 1 fully saturated rings. The summed E-state index contributed by atoms with van der Waals surface area (Å²) >= 11 is 6.06. The summed E-state index contributed by atoms with van der Waals surface area (Å²) in [5, 5.41) is 0.743. The zero-order valence-electron chi connectivity index (χ0n) is 16.3. The molecule has 0 unspecified atom stereocenters. The third kappa shape index (κ3) is 5.62. The second-order valence-electron chi connectivity index (χ2n) is 6.97. The predicted molar refractivity (Wildman–Crippen MR) is 109 cm³/mol. The second-order valence-corrected chi connectivity index (χ2v) is 7.41. The Kier molecular flexibility index (Phi) is 6.95. The van der Waals surface area contributed by atoms with Crippen molar-refractivity contribution in [3.8, 4) is 11.5 Å². The Balaban J connectivity index is 1.59. The van der Waals surface area contributed by atoms with Crippen LogP contribution in [0.4, 0.5) is 0 Å². The van der Waals surface area contributed by atoms with Crippen LogP contribution in [0.2, 0.25) is 5.02 Å². The number of hydrogen-bond acceptors (Lipinski definition) is 4. The number of amides is 2. The summed E-state index contributed by atoms with van der Waals surface area (Å²) in [6.45, 7) is 3.74. The summed E-state index contributed by atoms with van der Waals surface area (Å²) < 4.78 is 10.6. The summed E-state index contributed by atoms with van der Waals surface area (Å²) in [4.78, 5) is 27.1. The average Bonchev–Trinajstić information content (AvgIpc) is 2.72. The Bertz CT molecular complexity index is 882. The molecular weight excluding hydrogens is 394 g/mol. The van der Waals surface area contributed by atoms with Gasteiger partial charge in [0.05, 0.1) is 33.3 Å². The fraction of sp³-hybridized carbons (Fsp3) is 0.333. The topological polar surface area (TPSA) is 86.3 Å². The highest BCUT2D eigenvalue weighted by Crippen LogP contribution is 2.28. The number of carbonyl (C=O) groups excluding carboxylic acids is 2. The van der Waals surface area contributed by atoms with Gasteiger partial charge in [0.1, 0.15) is 6.54 Å². The fourth-order valence-corrected chi connectivity index (χ4v) is 3.60. The number of ether oxygens (including phenoxy) is 2. The van der Waals surface area contributed by atoms with Gasteiger partial charge in [-0.3, -0.25) is 9.59 Å². The van der Waals surface area contributed by atoms with E-state index in [0.717, 1.165) is 24.7 Å². The van der Waals surface area contributed by atoms with Gasteiger partial charge >= 0.3 is 0 Å². The van der Waals surface area contributed by atoms with Crippen LogP contribution in [0.3, 0.4) is 0 Å². The van der Waals surface area contributed by atoms with Crippen molar-refractivity contribution in [3.63, 3.8) is 0 Å². The van der Waals surface area contributed by atoms with Crippen LogP contribution < -0.4 is 20.1 Å². The van der Waals surface area contributed by atoms with Gasteiger partial charge in [-0.15, -0.1) is 0 Å². The smallest absolute Gasteiger partial charge is 0.255 e. The highest BCUT2D eigenvalue weighted by Gasteiger charge is 2.25. The molecule has 1 heterocycles. The molecular formula is C21H25ClN3O4+. The average molecular weight is 419 g/mol. The van der Waals surface area contributed by atoms with E-state index in [4.69, 9.17) is 26.8 Å². The Morgan fingerprint density at radius 1 is 1.14 bits per heavy atom. The second kappa shape index (κ2) is 9.62. The van der Waals surface area contributed by atoms with Crippen molar-refractivity contribution in [2.75, 3.05) is 39.9 Å². The Morgan fingerprint density at radius 2 is 1.90 bits per heavy atom. The molecule has 1 saturated heterocycles. The van der Waals surface area contributed by atoms with E-state index in [1.54, 1.807) is 18.2 Å². The maximum Gasteiger partial charge on any atom is 0.255 e. The van der Waals surface area contributed by atoms with E-state index in [-0.39, 0.29) is 12.5 Å². The van der Waals surface area contributed by atoms with Crippen LogP contribution >= 0.6 is 11.6 Å². The highest BCUT2D eigenvalue weighted by atomic mass is 35.5. The number of nitrogens with zero attached hydrogens (tertiary/aromatic N) is 1. The van der Waals surface area contributed by atoms with Crippen LogP contribution in [-0.4, -0.2) is 56.6 Å². The first-order chi connectivity index (χ1) is 14.0. The van der Waals surface area contributed by atoms with E-state index in [2.05, 4.69) is 6.07 Å². The van der Waals surface area contributed by atoms with Crippen molar-refractivity contribution >= 4 is 23.4 Å². The number of nitrogens with two attached hydrogens (primary N) is 1. The fourth-order valence-electron chi connectivity index (χ4n) is 3.39. The molecule has 8 heteroatoms. The maximum absolute atomic E-state index is 12.9. The summed E-state index contributed by atoms with van der Waals surface area (Å²) in [5.41, 5.74) is 6.82. The third-order valence-corrected chi connectivity index (χ3v) is 5.12. The van der Waals surface area contributed by atoms with Gasteiger partial charge in [0.25, 0.3) is 11.8 Å². The van der Waals surface area contributed by atoms with Crippen molar-refractivity contribution in [3.05, 3.63) is 58.6 Å². The summed E-state index contributed by atoms with van der Waals surface area (Å²) in [6, 6.07) is 12.8. The molecule has 0 aromatic heterocycles. The number of benzene rings is 2. The lowest BCUT2D eigenvalue weighted by Crippen LogP contribution is -3.13. The number of primary amides is 1. The number of hydrogen-bond donors (Lipinski definition) is 2. The van der Waals surface area contributed by atoms with Gasteiger partial charge in [-0.05, 0) is 30.3 Å². The van der Waals surface area contributed by atoms with E-state index < -0.39 is 5.91 Å². The molecule has 0 saturated carbocycles. The van der Waals surface area contributed by atoms with Crippen molar-refractivity contribution in [1.82, 2.24) is 4.90 Å². The summed E-state index contributed by atoms with van der Waals surface area (Å²) in [6.07, 6.45) is 0. The molecule has 154 valence electrons. The molecule has 0 radical (unpaired) electrons. The third-order valence-electron chi connectivity index (χ3n) is 4.88. The molecule has 0 bridgehead atoms. The van der Waals surface area contributed by atoms with Gasteiger partial charge in [0, 0.05) is 16.1 Å². The monoisotopic (exact) mass is 418 g/mol. The van der Waals surface area contributed by atoms with Gasteiger partial charge in [-0.25, -0.2) is 0 Å². The van der Waals surface area contributed by atoms with Gasteiger partial charge in [-0.1, -0.05) is 23.7 Å². The van der Waals surface area contributed by atoms with Crippen molar-refractivity contribution in [2.45, 2.75) is 6.54 Å². The molecule has 1 aliphatic rings. The molecule has 0 spiro atoms. The van der Waals surface area contributed by atoms with Gasteiger partial charge in [0.15, 0.2) is 18.1 Å². The maximum atomic E-state index is 12.9. The van der Waals surface area contributed by atoms with Crippen LogP contribution in [0.1, 0.15) is 15.9 Å². The van der Waals surface area contributed by atoms with Crippen LogP contribution in [0, 0.1) is 0 Å². The predicted octanol–water partition coefficient (Wildman–Crippen LogP) is 0.754. The van der Waals surface area contributed by atoms with Gasteiger partial charge < -0.3 is 25.0 Å². The Labute approximate surface area is 174 Å². The molecule has 7 nitrogen and oxygen atoms in total. The van der Waals surface area contributed by atoms with E-state index in [1.165, 1.54) is 17.6 Å². The van der Waals surface area contributed by atoms with Crippen LogP contribution in [-0.2, 0) is 11.3 Å². The standard InChI is InChI=1S/C21H24ClN3O4/c1-28-19-12-16(5-6-18(19)29-14-20(23)26)21(27)25-9-7-24(8-10-25)13-15-3-2-4-17(22)11-15/h2-6,11-12H,7-10,13-14H2,1H3,(H2,23,26)/p+1. The van der Waals surface area contributed by atoms with Crippen LogP contribution in [0.15, 0.2) is 42.5 Å². The lowest BCUT2D eigenvalue weighted by molar-refractivity contribution is -0.917. The number of piperazine rings is 1. The minimum Gasteiger partial charge on any atom is -0.493 e. The van der Waals surface area contributed by atoms with Gasteiger partial charge in [0.2, 0.25) is 0 Å². The summed E-state index contributed by atoms with van der Waals surface area (Å²) in [5.74, 6) is 0.137. The van der Waals surface area contributed by atoms with Crippen LogP contribution in [0.25, 0.3) is 0 Å². The first-order valence-electron chi connectivity index (χ1n) is 9.42. The van der Waals surface area contributed by atoms with Crippen LogP contribution in [0.5, 0.6) is 11.5 Å². The molecule has 3 rings (SSSR count). The van der Waals surface area contributed by atoms with Gasteiger partial charge in [-0.2, -0.15) is 0 Å². The number of halogens is 1. The molecule has 29 heavy (non-hydrogen) atoms. The minimum absolute atomic E-state index is 0.0495. The zero-order valence-corrected chi connectivity index (χ0v) is 17.1. The molecule has 2 amide bonds. The molecule has 2 aromatic carbocycles. The van der Waals surface area contributed by atoms with Crippen molar-refractivity contribution < 1.29 is 24.0 Å². The molecule has 3 N–H and O–H groups in total. The Hall–Kier alpha value is -2.77. The van der Waals surface area contributed by atoms with Crippen molar-refractivity contribution in [1.29, 1.82) is 0 Å². The minimum atomic E-state index is -0.578. The number of methoxy groups -OCH3 is 1. The first-order valence-corrected chi connectivity index (χ1v) is 9.80. The van der Waals surface area contributed by atoms with Crippen molar-refractivity contribution in [2.24, 2.45) is 5.73 Å². The zero-order chi connectivity index (χ0) is 20.8. The van der Waals surface area contributed by atoms with E-state index in [0.29, 0.717) is 30.2 Å². The number of rotatable bonds is 7. The van der Waals surface area contributed by atoms with E-state index in [1.807, 2.05) is 23.1 Å². The quantitative estimate of drug-likeness (QED) is 0.695.